The highest BCUT2D eigenvalue weighted by molar-refractivity contribution is 5.92. The van der Waals surface area contributed by atoms with Crippen LogP contribution in [-0.2, 0) is 6.54 Å². The van der Waals surface area contributed by atoms with Crippen LogP contribution in [-0.4, -0.2) is 24.0 Å². The molecule has 0 unspecified atom stereocenters. The summed E-state index contributed by atoms with van der Waals surface area (Å²) in [6.45, 7) is 8.81. The zero-order valence-corrected chi connectivity index (χ0v) is 17.3. The van der Waals surface area contributed by atoms with E-state index >= 15 is 0 Å². The van der Waals surface area contributed by atoms with Gasteiger partial charge < -0.3 is 15.5 Å². The molecule has 2 N–H and O–H groups in total. The molecule has 0 saturated heterocycles. The molecule has 150 valence electrons. The Morgan fingerprint density at radius 2 is 1.62 bits per heavy atom. The Bertz CT molecular complexity index is 932. The van der Waals surface area contributed by atoms with Crippen LogP contribution >= 0.6 is 0 Å². The van der Waals surface area contributed by atoms with E-state index in [0.717, 1.165) is 35.6 Å². The topological polar surface area (TPSA) is 57.3 Å². The van der Waals surface area contributed by atoms with E-state index in [4.69, 9.17) is 0 Å². The third-order valence-corrected chi connectivity index (χ3v) is 4.98. The molecule has 2 aromatic carbocycles. The number of hydrogen-bond donors (Lipinski definition) is 2. The van der Waals surface area contributed by atoms with E-state index in [1.807, 2.05) is 37.3 Å². The second-order valence-corrected chi connectivity index (χ2v) is 6.89. The van der Waals surface area contributed by atoms with Crippen LogP contribution in [0.15, 0.2) is 66.9 Å². The van der Waals surface area contributed by atoms with Crippen molar-refractivity contribution in [2.45, 2.75) is 27.3 Å². The van der Waals surface area contributed by atoms with Crippen LogP contribution in [0.5, 0.6) is 0 Å². The van der Waals surface area contributed by atoms with E-state index in [9.17, 15) is 4.79 Å². The number of nitrogens with zero attached hydrogens (tertiary/aromatic N) is 2. The first-order chi connectivity index (χ1) is 14.1. The summed E-state index contributed by atoms with van der Waals surface area (Å²) in [5, 5.41) is 6.25. The van der Waals surface area contributed by atoms with Gasteiger partial charge in [0.15, 0.2) is 0 Å². The van der Waals surface area contributed by atoms with Crippen LogP contribution in [0.2, 0.25) is 0 Å². The first kappa shape index (κ1) is 20.4. The molecule has 0 bridgehead atoms. The fourth-order valence-corrected chi connectivity index (χ4v) is 3.19. The molecule has 5 heteroatoms. The summed E-state index contributed by atoms with van der Waals surface area (Å²) in [4.78, 5) is 19.0. The van der Waals surface area contributed by atoms with Crippen molar-refractivity contribution >= 4 is 23.0 Å². The summed E-state index contributed by atoms with van der Waals surface area (Å²) < 4.78 is 0. The number of hydrogen-bond acceptors (Lipinski definition) is 4. The van der Waals surface area contributed by atoms with Gasteiger partial charge in [-0.25, -0.2) is 4.98 Å². The van der Waals surface area contributed by atoms with E-state index in [1.165, 1.54) is 5.69 Å². The van der Waals surface area contributed by atoms with Crippen LogP contribution in [0.4, 0.5) is 17.1 Å². The molecule has 1 aromatic heterocycles. The predicted molar refractivity (Wildman–Crippen MR) is 120 cm³/mol. The average Bonchev–Trinajstić information content (AvgIpc) is 2.75. The van der Waals surface area contributed by atoms with Gasteiger partial charge in [0.2, 0.25) is 0 Å². The molecule has 1 heterocycles. The predicted octanol–water partition coefficient (Wildman–Crippen LogP) is 4.91. The van der Waals surface area contributed by atoms with Crippen molar-refractivity contribution in [3.63, 3.8) is 0 Å². The number of aromatic nitrogens is 1. The normalized spacial score (nSPS) is 10.4. The number of benzene rings is 2. The molecule has 0 aliphatic carbocycles. The fourth-order valence-electron chi connectivity index (χ4n) is 3.19. The quantitative estimate of drug-likeness (QED) is 0.576. The number of rotatable bonds is 8. The van der Waals surface area contributed by atoms with E-state index in [0.29, 0.717) is 12.2 Å². The maximum Gasteiger partial charge on any atom is 0.270 e. The molecule has 0 fully saturated rings. The van der Waals surface area contributed by atoms with E-state index in [-0.39, 0.29) is 5.91 Å². The van der Waals surface area contributed by atoms with Crippen LogP contribution in [0, 0.1) is 6.92 Å². The van der Waals surface area contributed by atoms with Crippen LogP contribution in [0.1, 0.15) is 35.5 Å². The van der Waals surface area contributed by atoms with Gasteiger partial charge in [0.25, 0.3) is 5.91 Å². The smallest absolute Gasteiger partial charge is 0.270 e. The molecule has 1 amide bonds. The fraction of sp³-hybridized carbons (Fsp3) is 0.250. The molecule has 3 aromatic rings. The van der Waals surface area contributed by atoms with E-state index < -0.39 is 0 Å². The van der Waals surface area contributed by atoms with E-state index in [2.05, 4.69) is 58.6 Å². The van der Waals surface area contributed by atoms with Gasteiger partial charge in [-0.1, -0.05) is 24.3 Å². The van der Waals surface area contributed by atoms with Gasteiger partial charge in [-0.05, 0) is 68.3 Å². The lowest BCUT2D eigenvalue weighted by molar-refractivity contribution is 0.0946. The van der Waals surface area contributed by atoms with Gasteiger partial charge in [-0.2, -0.15) is 0 Å². The molecule has 0 saturated carbocycles. The van der Waals surface area contributed by atoms with Crippen LogP contribution < -0.4 is 15.5 Å². The number of nitrogens with one attached hydrogen (secondary N) is 2. The number of aryl methyl sites for hydroxylation is 1. The van der Waals surface area contributed by atoms with Crippen molar-refractivity contribution in [2.75, 3.05) is 23.3 Å². The second kappa shape index (κ2) is 9.73. The second-order valence-electron chi connectivity index (χ2n) is 6.89. The zero-order chi connectivity index (χ0) is 20.6. The third kappa shape index (κ3) is 5.35. The number of pyridine rings is 1. The Labute approximate surface area is 172 Å². The highest BCUT2D eigenvalue weighted by Crippen LogP contribution is 2.21. The standard InChI is InChI=1S/C24H28N4O/c1-4-28(5-2)22-13-10-20(11-14-22)27-21-12-15-23(25-17-21)24(29)26-16-19-9-7-6-8-18(19)3/h6-15,17,27H,4-5,16H2,1-3H3,(H,26,29). The van der Waals surface area contributed by atoms with E-state index in [1.54, 1.807) is 12.3 Å². The number of carbonyl (C=O) groups is 1. The van der Waals surface area contributed by atoms with Gasteiger partial charge in [-0.15, -0.1) is 0 Å². The Morgan fingerprint density at radius 1 is 0.931 bits per heavy atom. The highest BCUT2D eigenvalue weighted by atomic mass is 16.1. The summed E-state index contributed by atoms with van der Waals surface area (Å²) in [6.07, 6.45) is 1.68. The number of carbonyl (C=O) groups excluding carboxylic acids is 1. The Morgan fingerprint density at radius 3 is 2.24 bits per heavy atom. The minimum absolute atomic E-state index is 0.177. The molecular weight excluding hydrogens is 360 g/mol. The Balaban J connectivity index is 1.58. The average molecular weight is 389 g/mol. The first-order valence-electron chi connectivity index (χ1n) is 10.0. The van der Waals surface area contributed by atoms with Crippen molar-refractivity contribution < 1.29 is 4.79 Å². The molecule has 3 rings (SSSR count). The highest BCUT2D eigenvalue weighted by Gasteiger charge is 2.08. The number of anilines is 3. The summed E-state index contributed by atoms with van der Waals surface area (Å²) in [5.41, 5.74) is 5.70. The van der Waals surface area contributed by atoms with Crippen molar-refractivity contribution in [2.24, 2.45) is 0 Å². The van der Waals surface area contributed by atoms with Crippen molar-refractivity contribution in [3.05, 3.63) is 83.7 Å². The van der Waals surface area contributed by atoms with Gasteiger partial charge in [-0.3, -0.25) is 4.79 Å². The lowest BCUT2D eigenvalue weighted by atomic mass is 10.1. The van der Waals surface area contributed by atoms with Gasteiger partial charge in [0, 0.05) is 31.0 Å². The molecule has 5 nitrogen and oxygen atoms in total. The van der Waals surface area contributed by atoms with Gasteiger partial charge in [0.05, 0.1) is 11.9 Å². The molecule has 0 radical (unpaired) electrons. The maximum absolute atomic E-state index is 12.4. The molecule has 0 aliphatic heterocycles. The van der Waals surface area contributed by atoms with Gasteiger partial charge in [0.1, 0.15) is 5.69 Å². The first-order valence-corrected chi connectivity index (χ1v) is 10.0. The summed E-state index contributed by atoms with van der Waals surface area (Å²) in [6, 6.07) is 19.9. The molecule has 29 heavy (non-hydrogen) atoms. The molecule has 0 atom stereocenters. The monoisotopic (exact) mass is 388 g/mol. The third-order valence-electron chi connectivity index (χ3n) is 4.98. The van der Waals surface area contributed by atoms with Crippen LogP contribution in [0.3, 0.4) is 0 Å². The summed E-state index contributed by atoms with van der Waals surface area (Å²) >= 11 is 0. The minimum Gasteiger partial charge on any atom is -0.372 e. The SMILES string of the molecule is CCN(CC)c1ccc(Nc2ccc(C(=O)NCc3ccccc3C)nc2)cc1. The Kier molecular flexibility index (Phi) is 6.85. The van der Waals surface area contributed by atoms with Gasteiger partial charge >= 0.3 is 0 Å². The summed E-state index contributed by atoms with van der Waals surface area (Å²) in [7, 11) is 0. The lowest BCUT2D eigenvalue weighted by Gasteiger charge is -2.21. The lowest BCUT2D eigenvalue weighted by Crippen LogP contribution is -2.24. The maximum atomic E-state index is 12.4. The number of amides is 1. The summed E-state index contributed by atoms with van der Waals surface area (Å²) in [5.74, 6) is -0.177. The van der Waals surface area contributed by atoms with Crippen molar-refractivity contribution in [1.29, 1.82) is 0 Å². The zero-order valence-electron chi connectivity index (χ0n) is 17.3. The Hall–Kier alpha value is -3.34. The minimum atomic E-state index is -0.177. The van der Waals surface area contributed by atoms with Crippen molar-refractivity contribution in [1.82, 2.24) is 10.3 Å². The molecule has 0 spiro atoms. The largest absolute Gasteiger partial charge is 0.372 e. The van der Waals surface area contributed by atoms with Crippen LogP contribution in [0.25, 0.3) is 0 Å². The molecule has 0 aliphatic rings. The van der Waals surface area contributed by atoms with Crippen molar-refractivity contribution in [3.8, 4) is 0 Å². The molecular formula is C24H28N4O.